The molecule has 30 heavy (non-hydrogen) atoms. The van der Waals surface area contributed by atoms with Crippen molar-refractivity contribution in [3.63, 3.8) is 0 Å². The second kappa shape index (κ2) is 9.36. The van der Waals surface area contributed by atoms with Crippen molar-refractivity contribution in [2.24, 2.45) is 0 Å². The molecule has 1 N–H and O–H groups in total. The number of halogens is 2. The number of rotatable bonds is 7. The number of thiazole rings is 1. The van der Waals surface area contributed by atoms with Crippen LogP contribution in [0.5, 0.6) is 17.2 Å². The van der Waals surface area contributed by atoms with Crippen LogP contribution in [0.15, 0.2) is 47.3 Å². The predicted molar refractivity (Wildman–Crippen MR) is 109 cm³/mol. The summed E-state index contributed by atoms with van der Waals surface area (Å²) in [5, 5.41) is 0. The summed E-state index contributed by atoms with van der Waals surface area (Å²) >= 11 is 1.07. The van der Waals surface area contributed by atoms with Gasteiger partial charge in [-0.15, -0.1) is 11.3 Å². The normalized spacial score (nSPS) is 12.3. The summed E-state index contributed by atoms with van der Waals surface area (Å²) in [5.41, 5.74) is 0.507. The highest BCUT2D eigenvalue weighted by molar-refractivity contribution is 7.07. The molecule has 1 aromatic heterocycles. The smallest absolute Gasteiger partial charge is 0.387 e. The average Bonchev–Trinajstić information content (AvgIpc) is 3.06. The third-order valence-corrected chi connectivity index (χ3v) is 4.98. The van der Waals surface area contributed by atoms with Crippen LogP contribution in [-0.2, 0) is 0 Å². The van der Waals surface area contributed by atoms with Crippen LogP contribution in [0, 0.1) is 0 Å². The molecule has 3 rings (SSSR count). The molecule has 0 saturated carbocycles. The van der Waals surface area contributed by atoms with Gasteiger partial charge in [-0.3, -0.25) is 9.59 Å². The Labute approximate surface area is 173 Å². The van der Waals surface area contributed by atoms with Gasteiger partial charge in [0.15, 0.2) is 17.3 Å². The van der Waals surface area contributed by atoms with E-state index in [0.29, 0.717) is 26.1 Å². The van der Waals surface area contributed by atoms with Crippen LogP contribution in [-0.4, -0.2) is 31.6 Å². The van der Waals surface area contributed by atoms with Crippen LogP contribution < -0.4 is 29.0 Å². The summed E-state index contributed by atoms with van der Waals surface area (Å²) in [4.78, 5) is 27.2. The minimum atomic E-state index is -3.01. The van der Waals surface area contributed by atoms with E-state index in [9.17, 15) is 18.4 Å². The molecule has 0 atom stereocenters. The van der Waals surface area contributed by atoms with Crippen molar-refractivity contribution in [1.82, 2.24) is 4.98 Å². The van der Waals surface area contributed by atoms with Crippen LogP contribution in [0.2, 0.25) is 0 Å². The number of ketones is 1. The van der Waals surface area contributed by atoms with Gasteiger partial charge in [-0.1, -0.05) is 6.07 Å². The number of aromatic nitrogens is 1. The van der Waals surface area contributed by atoms with Gasteiger partial charge in [0.25, 0.3) is 5.56 Å². The van der Waals surface area contributed by atoms with Crippen molar-refractivity contribution in [1.29, 1.82) is 0 Å². The Hall–Kier alpha value is -3.46. The third-order valence-electron chi connectivity index (χ3n) is 4.02. The van der Waals surface area contributed by atoms with E-state index in [1.165, 1.54) is 38.5 Å². The Morgan fingerprint density at radius 3 is 2.43 bits per heavy atom. The number of carbonyl (C=O) groups is 1. The molecule has 0 unspecified atom stereocenters. The van der Waals surface area contributed by atoms with E-state index < -0.39 is 12.2 Å². The number of hydrogen-bond acceptors (Lipinski definition) is 6. The van der Waals surface area contributed by atoms with Gasteiger partial charge in [-0.05, 0) is 48.0 Å². The molecule has 0 bridgehead atoms. The summed E-state index contributed by atoms with van der Waals surface area (Å²) < 4.78 is 40.3. The zero-order chi connectivity index (χ0) is 21.7. The number of carbonyl (C=O) groups excluding carboxylic acids is 1. The van der Waals surface area contributed by atoms with E-state index in [1.54, 1.807) is 30.3 Å². The van der Waals surface area contributed by atoms with Crippen molar-refractivity contribution in [2.45, 2.75) is 6.61 Å². The maximum absolute atomic E-state index is 12.6. The molecule has 0 fully saturated rings. The quantitative estimate of drug-likeness (QED) is 0.580. The number of nitrogens with one attached hydrogen (secondary N) is 1. The largest absolute Gasteiger partial charge is 0.497 e. The fourth-order valence-electron chi connectivity index (χ4n) is 2.60. The fourth-order valence-corrected chi connectivity index (χ4v) is 3.49. The molecule has 0 radical (unpaired) electrons. The topological polar surface area (TPSA) is 77.6 Å². The summed E-state index contributed by atoms with van der Waals surface area (Å²) in [6, 6.07) is 11.0. The summed E-state index contributed by atoms with van der Waals surface area (Å²) in [5.74, 6) is 0.351. The van der Waals surface area contributed by atoms with Crippen molar-refractivity contribution in [3.05, 3.63) is 73.1 Å². The second-order valence-electron chi connectivity index (χ2n) is 5.95. The highest BCUT2D eigenvalue weighted by atomic mass is 32.1. The first-order valence-electron chi connectivity index (χ1n) is 8.63. The Kier molecular flexibility index (Phi) is 6.63. The van der Waals surface area contributed by atoms with Gasteiger partial charge >= 0.3 is 6.61 Å². The number of ether oxygens (including phenoxy) is 3. The van der Waals surface area contributed by atoms with Crippen LogP contribution in [0.4, 0.5) is 8.78 Å². The Balaban J connectivity index is 1.93. The molecule has 2 aromatic carbocycles. The van der Waals surface area contributed by atoms with Gasteiger partial charge in [-0.25, -0.2) is 0 Å². The van der Waals surface area contributed by atoms with E-state index in [1.807, 2.05) is 0 Å². The zero-order valence-corrected chi connectivity index (χ0v) is 16.8. The van der Waals surface area contributed by atoms with E-state index in [4.69, 9.17) is 9.47 Å². The number of hydrogen-bond donors (Lipinski definition) is 1. The molecule has 9 heteroatoms. The molecule has 0 aliphatic rings. The number of methoxy groups -OCH3 is 2. The van der Waals surface area contributed by atoms with Gasteiger partial charge in [0.05, 0.1) is 23.4 Å². The molecule has 0 aliphatic carbocycles. The molecule has 0 saturated heterocycles. The lowest BCUT2D eigenvalue weighted by atomic mass is 10.1. The Morgan fingerprint density at radius 1 is 1.07 bits per heavy atom. The minimum Gasteiger partial charge on any atom is -0.497 e. The van der Waals surface area contributed by atoms with Crippen LogP contribution >= 0.6 is 11.3 Å². The van der Waals surface area contributed by atoms with Crippen LogP contribution in [0.1, 0.15) is 15.9 Å². The maximum atomic E-state index is 12.6. The standard InChI is InChI=1S/C21H17F2NO5S/c1-27-14-6-4-13(5-7-14)15(25)11-19-24-20(26)18(30-19)10-12-3-8-16(28-2)17(9-12)29-21(22)23/h3-11,21H,1-2H3,(H,24,26)/b18-10+,19-11+. The Bertz CT molecular complexity index is 1220. The monoisotopic (exact) mass is 433 g/mol. The van der Waals surface area contributed by atoms with E-state index in [-0.39, 0.29) is 17.3 Å². The molecular weight excluding hydrogens is 416 g/mol. The van der Waals surface area contributed by atoms with Crippen molar-refractivity contribution in [3.8, 4) is 17.2 Å². The lowest BCUT2D eigenvalue weighted by Crippen LogP contribution is -2.20. The van der Waals surface area contributed by atoms with E-state index in [2.05, 4.69) is 9.72 Å². The highest BCUT2D eigenvalue weighted by Gasteiger charge is 2.11. The lowest BCUT2D eigenvalue weighted by molar-refractivity contribution is -0.0512. The second-order valence-corrected chi connectivity index (χ2v) is 7.04. The number of alkyl halides is 2. The van der Waals surface area contributed by atoms with Gasteiger partial charge < -0.3 is 19.2 Å². The molecular formula is C21H17F2NO5S. The van der Waals surface area contributed by atoms with E-state index >= 15 is 0 Å². The zero-order valence-electron chi connectivity index (χ0n) is 16.0. The first-order valence-corrected chi connectivity index (χ1v) is 9.45. The highest BCUT2D eigenvalue weighted by Crippen LogP contribution is 2.29. The maximum Gasteiger partial charge on any atom is 0.387 e. The average molecular weight is 433 g/mol. The van der Waals surface area contributed by atoms with Crippen LogP contribution in [0.3, 0.4) is 0 Å². The fraction of sp³-hybridized carbons (Fsp3) is 0.143. The van der Waals surface area contributed by atoms with Gasteiger partial charge in [0.1, 0.15) is 5.75 Å². The summed E-state index contributed by atoms with van der Waals surface area (Å²) in [6.07, 6.45) is 2.83. The van der Waals surface area contributed by atoms with Crippen molar-refractivity contribution >= 4 is 29.3 Å². The van der Waals surface area contributed by atoms with E-state index in [0.717, 1.165) is 11.3 Å². The lowest BCUT2D eigenvalue weighted by Gasteiger charge is -2.10. The molecule has 6 nitrogen and oxygen atoms in total. The van der Waals surface area contributed by atoms with Crippen molar-refractivity contribution < 1.29 is 27.8 Å². The number of aromatic amines is 1. The third kappa shape index (κ3) is 5.12. The molecule has 156 valence electrons. The first kappa shape index (κ1) is 21.3. The van der Waals surface area contributed by atoms with Gasteiger partial charge in [-0.2, -0.15) is 8.78 Å². The number of benzene rings is 2. The van der Waals surface area contributed by atoms with Gasteiger partial charge in [0, 0.05) is 11.6 Å². The molecule has 0 aliphatic heterocycles. The molecule has 3 aromatic rings. The van der Waals surface area contributed by atoms with Gasteiger partial charge in [0.2, 0.25) is 0 Å². The molecule has 1 heterocycles. The minimum absolute atomic E-state index is 0.143. The molecule has 0 spiro atoms. The summed E-state index contributed by atoms with van der Waals surface area (Å²) in [6.45, 7) is -3.01. The van der Waals surface area contributed by atoms with Crippen LogP contribution in [0.25, 0.3) is 12.2 Å². The molecule has 0 amide bonds. The number of Topliss-reactive ketones (excluding diaryl/α,β-unsaturated/α-hetero) is 1. The van der Waals surface area contributed by atoms with Crippen molar-refractivity contribution in [2.75, 3.05) is 14.2 Å². The first-order chi connectivity index (χ1) is 14.4. The summed E-state index contributed by atoms with van der Waals surface area (Å²) in [7, 11) is 2.87. The predicted octanol–water partition coefficient (Wildman–Crippen LogP) is 2.55. The SMILES string of the molecule is COc1ccc(C(=O)/C=c2\[nH]c(=O)/c(=C\c3ccc(OC)c(OC(F)F)c3)s2)cc1. The Morgan fingerprint density at radius 2 is 1.80 bits per heavy atom. The number of H-pyrrole nitrogens is 1.